The summed E-state index contributed by atoms with van der Waals surface area (Å²) in [4.78, 5) is 24.1. The SMILES string of the molecule is CC/C=C(\C)C(=O)Nc1cccc(NC(=O)Cc2ccccc2)c1. The number of hydrogen-bond donors (Lipinski definition) is 2. The van der Waals surface area contributed by atoms with Crippen molar-refractivity contribution in [2.24, 2.45) is 0 Å². The number of amides is 2. The molecule has 0 atom stereocenters. The first-order valence-corrected chi connectivity index (χ1v) is 8.00. The summed E-state index contributed by atoms with van der Waals surface area (Å²) in [6, 6.07) is 16.7. The highest BCUT2D eigenvalue weighted by Crippen LogP contribution is 2.16. The number of benzene rings is 2. The van der Waals surface area contributed by atoms with Crippen molar-refractivity contribution >= 4 is 23.2 Å². The molecule has 0 aliphatic carbocycles. The molecule has 2 aromatic rings. The van der Waals surface area contributed by atoms with Crippen LogP contribution in [0.3, 0.4) is 0 Å². The molecule has 2 aromatic carbocycles. The number of carbonyl (C=O) groups excluding carboxylic acids is 2. The lowest BCUT2D eigenvalue weighted by atomic mass is 10.1. The fourth-order valence-corrected chi connectivity index (χ4v) is 2.29. The van der Waals surface area contributed by atoms with Crippen molar-refractivity contribution in [1.29, 1.82) is 0 Å². The van der Waals surface area contributed by atoms with E-state index < -0.39 is 0 Å². The van der Waals surface area contributed by atoms with E-state index in [9.17, 15) is 9.59 Å². The van der Waals surface area contributed by atoms with E-state index in [-0.39, 0.29) is 11.8 Å². The second kappa shape index (κ2) is 8.67. The van der Waals surface area contributed by atoms with Gasteiger partial charge in [0, 0.05) is 16.9 Å². The number of anilines is 2. The standard InChI is InChI=1S/C20H22N2O2/c1-3-8-15(2)20(24)22-18-12-7-11-17(14-18)21-19(23)13-16-9-5-4-6-10-16/h4-12,14H,3,13H2,1-2H3,(H,21,23)(H,22,24)/b15-8+. The molecule has 0 aromatic heterocycles. The van der Waals surface area contributed by atoms with Crippen LogP contribution in [0.4, 0.5) is 11.4 Å². The number of rotatable bonds is 6. The molecule has 24 heavy (non-hydrogen) atoms. The monoisotopic (exact) mass is 322 g/mol. The van der Waals surface area contributed by atoms with Gasteiger partial charge in [-0.2, -0.15) is 0 Å². The highest BCUT2D eigenvalue weighted by molar-refractivity contribution is 6.03. The summed E-state index contributed by atoms with van der Waals surface area (Å²) < 4.78 is 0. The van der Waals surface area contributed by atoms with Gasteiger partial charge in [0.25, 0.3) is 5.91 Å². The molecule has 0 saturated heterocycles. The predicted octanol–water partition coefficient (Wildman–Crippen LogP) is 4.16. The molecule has 2 rings (SSSR count). The smallest absolute Gasteiger partial charge is 0.250 e. The van der Waals surface area contributed by atoms with Gasteiger partial charge in [0.1, 0.15) is 0 Å². The van der Waals surface area contributed by atoms with Crippen LogP contribution in [0.1, 0.15) is 25.8 Å². The minimum absolute atomic E-state index is 0.0910. The Labute approximate surface area is 142 Å². The Bertz CT molecular complexity index is 736. The highest BCUT2D eigenvalue weighted by Gasteiger charge is 2.07. The van der Waals surface area contributed by atoms with E-state index in [1.54, 1.807) is 31.2 Å². The van der Waals surface area contributed by atoms with E-state index in [1.165, 1.54) is 0 Å². The molecular weight excluding hydrogens is 300 g/mol. The molecule has 0 spiro atoms. The van der Waals surface area contributed by atoms with Crippen LogP contribution in [0.15, 0.2) is 66.2 Å². The molecule has 0 saturated carbocycles. The minimum Gasteiger partial charge on any atom is -0.326 e. The van der Waals surface area contributed by atoms with Crippen LogP contribution in [0.25, 0.3) is 0 Å². The Morgan fingerprint density at radius 3 is 2.29 bits per heavy atom. The summed E-state index contributed by atoms with van der Waals surface area (Å²) in [6.45, 7) is 3.77. The molecular formula is C20H22N2O2. The first-order valence-electron chi connectivity index (χ1n) is 8.00. The van der Waals surface area contributed by atoms with Crippen LogP contribution in [-0.4, -0.2) is 11.8 Å². The molecule has 124 valence electrons. The summed E-state index contributed by atoms with van der Waals surface area (Å²) in [5, 5.41) is 5.68. The molecule has 0 aliphatic heterocycles. The topological polar surface area (TPSA) is 58.2 Å². The molecule has 0 unspecified atom stereocenters. The Kier molecular flexibility index (Phi) is 6.32. The largest absolute Gasteiger partial charge is 0.326 e. The lowest BCUT2D eigenvalue weighted by molar-refractivity contribution is -0.115. The summed E-state index contributed by atoms with van der Waals surface area (Å²) in [5.74, 6) is -0.226. The molecule has 2 N–H and O–H groups in total. The number of hydrogen-bond acceptors (Lipinski definition) is 2. The van der Waals surface area contributed by atoms with E-state index in [0.29, 0.717) is 23.4 Å². The van der Waals surface area contributed by atoms with Crippen molar-refractivity contribution in [2.75, 3.05) is 10.6 Å². The maximum atomic E-state index is 12.1. The molecule has 4 nitrogen and oxygen atoms in total. The van der Waals surface area contributed by atoms with Crippen molar-refractivity contribution in [1.82, 2.24) is 0 Å². The van der Waals surface area contributed by atoms with Gasteiger partial charge in [-0.1, -0.05) is 49.4 Å². The molecule has 0 heterocycles. The van der Waals surface area contributed by atoms with E-state index in [0.717, 1.165) is 12.0 Å². The van der Waals surface area contributed by atoms with Gasteiger partial charge in [0.2, 0.25) is 5.91 Å². The fraction of sp³-hybridized carbons (Fsp3) is 0.200. The van der Waals surface area contributed by atoms with Crippen LogP contribution >= 0.6 is 0 Å². The molecule has 0 fully saturated rings. The Hall–Kier alpha value is -2.88. The maximum Gasteiger partial charge on any atom is 0.250 e. The third kappa shape index (κ3) is 5.39. The minimum atomic E-state index is -0.135. The van der Waals surface area contributed by atoms with Gasteiger partial charge in [-0.15, -0.1) is 0 Å². The first kappa shape index (κ1) is 17.5. The van der Waals surface area contributed by atoms with E-state index in [1.807, 2.05) is 43.3 Å². The molecule has 4 heteroatoms. The second-order valence-electron chi connectivity index (χ2n) is 5.54. The molecule has 2 amide bonds. The Balaban J connectivity index is 1.98. The van der Waals surface area contributed by atoms with Crippen molar-refractivity contribution in [3.05, 3.63) is 71.8 Å². The lowest BCUT2D eigenvalue weighted by Gasteiger charge is -2.09. The quantitative estimate of drug-likeness (QED) is 0.785. The molecule has 0 radical (unpaired) electrons. The summed E-state index contributed by atoms with van der Waals surface area (Å²) >= 11 is 0. The molecule has 0 bridgehead atoms. The van der Waals surface area contributed by atoms with Crippen LogP contribution < -0.4 is 10.6 Å². The van der Waals surface area contributed by atoms with Gasteiger partial charge in [-0.05, 0) is 37.1 Å². The second-order valence-corrected chi connectivity index (χ2v) is 5.54. The van der Waals surface area contributed by atoms with Gasteiger partial charge in [0.05, 0.1) is 6.42 Å². The van der Waals surface area contributed by atoms with Gasteiger partial charge >= 0.3 is 0 Å². The zero-order chi connectivity index (χ0) is 17.4. The van der Waals surface area contributed by atoms with E-state index in [2.05, 4.69) is 10.6 Å². The third-order valence-electron chi connectivity index (χ3n) is 3.48. The van der Waals surface area contributed by atoms with Crippen molar-refractivity contribution < 1.29 is 9.59 Å². The summed E-state index contributed by atoms with van der Waals surface area (Å²) in [5.41, 5.74) is 2.95. The lowest BCUT2D eigenvalue weighted by Crippen LogP contribution is -2.15. The van der Waals surface area contributed by atoms with Crippen molar-refractivity contribution in [2.45, 2.75) is 26.7 Å². The number of allylic oxidation sites excluding steroid dienone is 1. The predicted molar refractivity (Wildman–Crippen MR) is 97.9 cm³/mol. The summed E-state index contributed by atoms with van der Waals surface area (Å²) in [6.07, 6.45) is 3.01. The van der Waals surface area contributed by atoms with Crippen LogP contribution in [-0.2, 0) is 16.0 Å². The summed E-state index contributed by atoms with van der Waals surface area (Å²) in [7, 11) is 0. The zero-order valence-electron chi connectivity index (χ0n) is 14.0. The van der Waals surface area contributed by atoms with E-state index >= 15 is 0 Å². The average Bonchev–Trinajstić information content (AvgIpc) is 2.56. The van der Waals surface area contributed by atoms with Gasteiger partial charge < -0.3 is 10.6 Å². The van der Waals surface area contributed by atoms with Crippen molar-refractivity contribution in [3.63, 3.8) is 0 Å². The van der Waals surface area contributed by atoms with Crippen LogP contribution in [0.2, 0.25) is 0 Å². The van der Waals surface area contributed by atoms with Crippen LogP contribution in [0.5, 0.6) is 0 Å². The van der Waals surface area contributed by atoms with Crippen LogP contribution in [0, 0.1) is 0 Å². The molecule has 0 aliphatic rings. The maximum absolute atomic E-state index is 12.1. The van der Waals surface area contributed by atoms with Gasteiger partial charge in [0.15, 0.2) is 0 Å². The Morgan fingerprint density at radius 2 is 1.62 bits per heavy atom. The zero-order valence-corrected chi connectivity index (χ0v) is 14.0. The van der Waals surface area contributed by atoms with Gasteiger partial charge in [-0.25, -0.2) is 0 Å². The third-order valence-corrected chi connectivity index (χ3v) is 3.48. The van der Waals surface area contributed by atoms with Gasteiger partial charge in [-0.3, -0.25) is 9.59 Å². The average molecular weight is 322 g/mol. The fourth-order valence-electron chi connectivity index (χ4n) is 2.29. The van der Waals surface area contributed by atoms with E-state index in [4.69, 9.17) is 0 Å². The van der Waals surface area contributed by atoms with Crippen molar-refractivity contribution in [3.8, 4) is 0 Å². The first-order chi connectivity index (χ1) is 11.6. The normalized spacial score (nSPS) is 11.0. The number of carbonyl (C=O) groups is 2. The number of nitrogens with one attached hydrogen (secondary N) is 2. The highest BCUT2D eigenvalue weighted by atomic mass is 16.2. The Morgan fingerprint density at radius 1 is 0.958 bits per heavy atom.